The molecule has 0 saturated heterocycles. The third kappa shape index (κ3) is 3.06. The first-order valence-electron chi connectivity index (χ1n) is 5.21. The molecule has 5 nitrogen and oxygen atoms in total. The van der Waals surface area contributed by atoms with Crippen LogP contribution < -0.4 is 9.47 Å². The molecule has 0 aliphatic rings. The fourth-order valence-electron chi connectivity index (χ4n) is 1.40. The Kier molecular flexibility index (Phi) is 4.49. The molecule has 90 valence electrons. The van der Waals surface area contributed by atoms with Gasteiger partial charge in [-0.15, -0.1) is 0 Å². The van der Waals surface area contributed by atoms with Gasteiger partial charge in [0.2, 0.25) is 11.8 Å². The largest absolute Gasteiger partial charge is 0.480 e. The summed E-state index contributed by atoms with van der Waals surface area (Å²) in [6.45, 7) is 4.07. The molecule has 5 heteroatoms. The second-order valence-electron chi connectivity index (χ2n) is 3.95. The van der Waals surface area contributed by atoms with Gasteiger partial charge in [-0.3, -0.25) is 0 Å². The van der Waals surface area contributed by atoms with E-state index >= 15 is 0 Å². The highest BCUT2D eigenvalue weighted by atomic mass is 16.5. The molecule has 1 atom stereocenters. The quantitative estimate of drug-likeness (QED) is 0.825. The summed E-state index contributed by atoms with van der Waals surface area (Å²) in [6.07, 6.45) is 1.44. The Labute approximate surface area is 95.4 Å². The molecule has 1 N–H and O–H groups in total. The number of aliphatic hydroxyl groups excluding tert-OH is 1. The number of ether oxygens (including phenoxy) is 2. The number of hydrogen-bond acceptors (Lipinski definition) is 5. The first-order chi connectivity index (χ1) is 7.58. The topological polar surface area (TPSA) is 64.5 Å². The summed E-state index contributed by atoms with van der Waals surface area (Å²) < 4.78 is 10.0. The minimum atomic E-state index is -0.659. The number of aromatic nitrogens is 2. The highest BCUT2D eigenvalue weighted by Crippen LogP contribution is 2.27. The molecule has 1 heterocycles. The molecule has 1 aromatic rings. The van der Waals surface area contributed by atoms with Crippen LogP contribution in [0.4, 0.5) is 0 Å². The molecule has 1 rings (SSSR count). The standard InChI is InChI=1S/C11H18N2O3/c1-7(2)5-8(14)10-11(16-4)13-9(15-3)6-12-10/h6-8,14H,5H2,1-4H3. The van der Waals surface area contributed by atoms with Crippen LogP contribution >= 0.6 is 0 Å². The highest BCUT2D eigenvalue weighted by molar-refractivity contribution is 5.24. The van der Waals surface area contributed by atoms with E-state index in [-0.39, 0.29) is 0 Å². The van der Waals surface area contributed by atoms with Gasteiger partial charge >= 0.3 is 0 Å². The zero-order chi connectivity index (χ0) is 12.1. The van der Waals surface area contributed by atoms with Gasteiger partial charge < -0.3 is 14.6 Å². The van der Waals surface area contributed by atoms with Gasteiger partial charge in [0.15, 0.2) is 0 Å². The lowest BCUT2D eigenvalue weighted by atomic mass is 10.0. The summed E-state index contributed by atoms with van der Waals surface area (Å²) in [4.78, 5) is 8.18. The Balaban J connectivity index is 2.94. The summed E-state index contributed by atoms with van der Waals surface area (Å²) in [6, 6.07) is 0. The van der Waals surface area contributed by atoms with Crippen LogP contribution in [0.5, 0.6) is 11.8 Å². The Morgan fingerprint density at radius 3 is 2.50 bits per heavy atom. The van der Waals surface area contributed by atoms with E-state index in [0.717, 1.165) is 0 Å². The van der Waals surface area contributed by atoms with Crippen LogP contribution in [-0.4, -0.2) is 29.3 Å². The summed E-state index contributed by atoms with van der Waals surface area (Å²) in [5.74, 6) is 1.06. The predicted molar refractivity (Wildman–Crippen MR) is 59.6 cm³/mol. The highest BCUT2D eigenvalue weighted by Gasteiger charge is 2.18. The summed E-state index contributed by atoms with van der Waals surface area (Å²) in [5, 5.41) is 9.94. The molecule has 1 aromatic heterocycles. The van der Waals surface area contributed by atoms with Crippen molar-refractivity contribution in [2.24, 2.45) is 5.92 Å². The number of methoxy groups -OCH3 is 2. The van der Waals surface area contributed by atoms with Crippen molar-refractivity contribution in [3.05, 3.63) is 11.9 Å². The van der Waals surface area contributed by atoms with Crippen LogP contribution in [0.1, 0.15) is 32.1 Å². The molecule has 0 amide bonds. The minimum Gasteiger partial charge on any atom is -0.480 e. The first-order valence-corrected chi connectivity index (χ1v) is 5.21. The van der Waals surface area contributed by atoms with Crippen molar-refractivity contribution in [1.29, 1.82) is 0 Å². The lowest BCUT2D eigenvalue weighted by Gasteiger charge is -2.14. The van der Waals surface area contributed by atoms with Gasteiger partial charge in [-0.05, 0) is 12.3 Å². The summed E-state index contributed by atoms with van der Waals surface area (Å²) >= 11 is 0. The van der Waals surface area contributed by atoms with Crippen molar-refractivity contribution in [2.75, 3.05) is 14.2 Å². The van der Waals surface area contributed by atoms with Crippen molar-refractivity contribution in [2.45, 2.75) is 26.4 Å². The van der Waals surface area contributed by atoms with Gasteiger partial charge in [0.05, 0.1) is 20.4 Å². The normalized spacial score (nSPS) is 12.6. The predicted octanol–water partition coefficient (Wildman–Crippen LogP) is 1.57. The SMILES string of the molecule is COc1cnc(C(O)CC(C)C)c(OC)n1. The molecule has 0 bridgehead atoms. The molecular formula is C11H18N2O3. The van der Waals surface area contributed by atoms with Gasteiger partial charge in [0, 0.05) is 0 Å². The van der Waals surface area contributed by atoms with E-state index in [9.17, 15) is 5.11 Å². The van der Waals surface area contributed by atoms with Gasteiger partial charge in [-0.2, -0.15) is 4.98 Å². The van der Waals surface area contributed by atoms with E-state index in [4.69, 9.17) is 9.47 Å². The fourth-order valence-corrected chi connectivity index (χ4v) is 1.40. The molecular weight excluding hydrogens is 208 g/mol. The molecule has 0 radical (unpaired) electrons. The maximum absolute atomic E-state index is 9.94. The molecule has 0 aliphatic carbocycles. The zero-order valence-electron chi connectivity index (χ0n) is 10.1. The monoisotopic (exact) mass is 226 g/mol. The van der Waals surface area contributed by atoms with Gasteiger partial charge in [0.25, 0.3) is 0 Å². The van der Waals surface area contributed by atoms with Gasteiger partial charge in [-0.25, -0.2) is 4.98 Å². The molecule has 0 fully saturated rings. The molecule has 0 saturated carbocycles. The lowest BCUT2D eigenvalue weighted by molar-refractivity contribution is 0.141. The van der Waals surface area contributed by atoms with Crippen LogP contribution in [0, 0.1) is 5.92 Å². The second-order valence-corrected chi connectivity index (χ2v) is 3.95. The molecule has 16 heavy (non-hydrogen) atoms. The third-order valence-corrected chi connectivity index (χ3v) is 2.16. The lowest BCUT2D eigenvalue weighted by Crippen LogP contribution is -2.08. The molecule has 0 aliphatic heterocycles. The smallest absolute Gasteiger partial charge is 0.241 e. The summed E-state index contributed by atoms with van der Waals surface area (Å²) in [7, 11) is 3.00. The summed E-state index contributed by atoms with van der Waals surface area (Å²) in [5.41, 5.74) is 0.456. The fraction of sp³-hybridized carbons (Fsp3) is 0.636. The minimum absolute atomic E-state index is 0.313. The average molecular weight is 226 g/mol. The van der Waals surface area contributed by atoms with E-state index in [1.54, 1.807) is 0 Å². The van der Waals surface area contributed by atoms with Crippen LogP contribution in [0.15, 0.2) is 6.20 Å². The van der Waals surface area contributed by atoms with Crippen LogP contribution in [0.2, 0.25) is 0 Å². The van der Waals surface area contributed by atoms with Crippen molar-refractivity contribution in [1.82, 2.24) is 9.97 Å². The van der Waals surface area contributed by atoms with Gasteiger partial charge in [-0.1, -0.05) is 13.8 Å². The molecule has 0 spiro atoms. The van der Waals surface area contributed by atoms with Crippen LogP contribution in [0.25, 0.3) is 0 Å². The van der Waals surface area contributed by atoms with Crippen molar-refractivity contribution >= 4 is 0 Å². The second kappa shape index (κ2) is 5.65. The zero-order valence-corrected chi connectivity index (χ0v) is 10.1. The average Bonchev–Trinajstić information content (AvgIpc) is 2.27. The Hall–Kier alpha value is -1.36. The van der Waals surface area contributed by atoms with E-state index in [2.05, 4.69) is 9.97 Å². The Bertz CT molecular complexity index is 342. The molecule has 1 unspecified atom stereocenters. The molecule has 0 aromatic carbocycles. The Morgan fingerprint density at radius 1 is 1.31 bits per heavy atom. The number of rotatable bonds is 5. The van der Waals surface area contributed by atoms with E-state index in [1.165, 1.54) is 20.4 Å². The van der Waals surface area contributed by atoms with Crippen molar-refractivity contribution < 1.29 is 14.6 Å². The van der Waals surface area contributed by atoms with E-state index < -0.39 is 6.10 Å². The first kappa shape index (κ1) is 12.7. The van der Waals surface area contributed by atoms with Gasteiger partial charge in [0.1, 0.15) is 11.8 Å². The number of nitrogens with zero attached hydrogens (tertiary/aromatic N) is 2. The maximum atomic E-state index is 9.94. The van der Waals surface area contributed by atoms with Crippen LogP contribution in [-0.2, 0) is 0 Å². The maximum Gasteiger partial charge on any atom is 0.241 e. The number of hydrogen-bond donors (Lipinski definition) is 1. The third-order valence-electron chi connectivity index (χ3n) is 2.16. The van der Waals surface area contributed by atoms with Crippen molar-refractivity contribution in [3.8, 4) is 11.8 Å². The van der Waals surface area contributed by atoms with E-state index in [0.29, 0.717) is 29.8 Å². The van der Waals surface area contributed by atoms with Crippen molar-refractivity contribution in [3.63, 3.8) is 0 Å². The number of aliphatic hydroxyl groups is 1. The van der Waals surface area contributed by atoms with E-state index in [1.807, 2.05) is 13.8 Å². The Morgan fingerprint density at radius 2 is 2.00 bits per heavy atom. The van der Waals surface area contributed by atoms with Crippen LogP contribution in [0.3, 0.4) is 0 Å².